The van der Waals surface area contributed by atoms with Crippen LogP contribution in [0, 0.1) is 0 Å². The predicted octanol–water partition coefficient (Wildman–Crippen LogP) is 2.59. The van der Waals surface area contributed by atoms with Gasteiger partial charge in [0.2, 0.25) is 0 Å². The van der Waals surface area contributed by atoms with Gasteiger partial charge < -0.3 is 5.73 Å². The van der Waals surface area contributed by atoms with Crippen molar-refractivity contribution in [3.63, 3.8) is 0 Å². The van der Waals surface area contributed by atoms with Crippen molar-refractivity contribution in [2.75, 3.05) is 5.73 Å². The highest BCUT2D eigenvalue weighted by Gasteiger charge is 2.04. The molecule has 13 heavy (non-hydrogen) atoms. The van der Waals surface area contributed by atoms with Gasteiger partial charge in [-0.05, 0) is 30.0 Å². The number of nitrogen functional groups attached to an aromatic ring is 1. The van der Waals surface area contributed by atoms with Crippen molar-refractivity contribution in [3.8, 4) is 0 Å². The van der Waals surface area contributed by atoms with Crippen molar-refractivity contribution in [1.82, 2.24) is 0 Å². The SMILES string of the molecule is CCC(C)c1ccc(C=O)c(N)c1. The lowest BCUT2D eigenvalue weighted by Gasteiger charge is -2.10. The Morgan fingerprint density at radius 1 is 1.54 bits per heavy atom. The summed E-state index contributed by atoms with van der Waals surface area (Å²) in [5, 5.41) is 0. The normalized spacial score (nSPS) is 12.5. The molecule has 0 heterocycles. The van der Waals surface area contributed by atoms with Gasteiger partial charge in [0.15, 0.2) is 6.29 Å². The molecule has 0 fully saturated rings. The standard InChI is InChI=1S/C11H15NO/c1-3-8(2)9-4-5-10(7-13)11(12)6-9/h4-8H,3,12H2,1-2H3. The van der Waals surface area contributed by atoms with E-state index in [1.807, 2.05) is 12.1 Å². The number of nitrogens with two attached hydrogens (primary N) is 1. The topological polar surface area (TPSA) is 43.1 Å². The summed E-state index contributed by atoms with van der Waals surface area (Å²) in [6.45, 7) is 4.28. The molecule has 0 saturated carbocycles. The van der Waals surface area contributed by atoms with Crippen molar-refractivity contribution >= 4 is 12.0 Å². The molecule has 0 amide bonds. The second-order valence-corrected chi connectivity index (χ2v) is 3.32. The average Bonchev–Trinajstić information content (AvgIpc) is 2.16. The highest BCUT2D eigenvalue weighted by atomic mass is 16.1. The van der Waals surface area contributed by atoms with Gasteiger partial charge in [-0.1, -0.05) is 19.9 Å². The van der Waals surface area contributed by atoms with Crippen LogP contribution < -0.4 is 5.73 Å². The summed E-state index contributed by atoms with van der Waals surface area (Å²) in [7, 11) is 0. The maximum atomic E-state index is 10.5. The first-order chi connectivity index (χ1) is 6.19. The zero-order valence-corrected chi connectivity index (χ0v) is 8.08. The Kier molecular flexibility index (Phi) is 3.07. The van der Waals surface area contributed by atoms with Gasteiger partial charge in [0, 0.05) is 11.3 Å². The molecule has 1 unspecified atom stereocenters. The van der Waals surface area contributed by atoms with E-state index >= 15 is 0 Å². The second kappa shape index (κ2) is 4.08. The predicted molar refractivity (Wildman–Crippen MR) is 54.9 cm³/mol. The summed E-state index contributed by atoms with van der Waals surface area (Å²) < 4.78 is 0. The molecule has 0 radical (unpaired) electrons. The van der Waals surface area contributed by atoms with E-state index in [-0.39, 0.29) is 0 Å². The molecule has 2 N–H and O–H groups in total. The highest BCUT2D eigenvalue weighted by Crippen LogP contribution is 2.22. The number of anilines is 1. The van der Waals surface area contributed by atoms with Crippen molar-refractivity contribution in [3.05, 3.63) is 29.3 Å². The summed E-state index contributed by atoms with van der Waals surface area (Å²) in [5.41, 5.74) is 8.05. The first-order valence-electron chi connectivity index (χ1n) is 4.53. The molecule has 1 rings (SSSR count). The average molecular weight is 177 g/mol. The lowest BCUT2D eigenvalue weighted by atomic mass is 9.97. The largest absolute Gasteiger partial charge is 0.398 e. The summed E-state index contributed by atoms with van der Waals surface area (Å²) in [4.78, 5) is 10.5. The van der Waals surface area contributed by atoms with Gasteiger partial charge in [-0.2, -0.15) is 0 Å². The van der Waals surface area contributed by atoms with Crippen LogP contribution in [-0.4, -0.2) is 6.29 Å². The van der Waals surface area contributed by atoms with Crippen LogP contribution in [0.15, 0.2) is 18.2 Å². The summed E-state index contributed by atoms with van der Waals surface area (Å²) in [5.74, 6) is 0.503. The quantitative estimate of drug-likeness (QED) is 0.569. The van der Waals surface area contributed by atoms with E-state index in [9.17, 15) is 4.79 Å². The lowest BCUT2D eigenvalue weighted by molar-refractivity contribution is 0.112. The van der Waals surface area contributed by atoms with Crippen LogP contribution >= 0.6 is 0 Å². The highest BCUT2D eigenvalue weighted by molar-refractivity contribution is 5.83. The molecular weight excluding hydrogens is 162 g/mol. The molecule has 0 bridgehead atoms. The molecule has 0 aromatic heterocycles. The van der Waals surface area contributed by atoms with E-state index in [2.05, 4.69) is 13.8 Å². The van der Waals surface area contributed by atoms with Crippen LogP contribution in [0.25, 0.3) is 0 Å². The Labute approximate surface area is 78.8 Å². The molecule has 1 aromatic carbocycles. The van der Waals surface area contributed by atoms with Crippen molar-refractivity contribution < 1.29 is 4.79 Å². The minimum Gasteiger partial charge on any atom is -0.398 e. The maximum Gasteiger partial charge on any atom is 0.152 e. The number of hydrogen-bond donors (Lipinski definition) is 1. The molecule has 0 aliphatic carbocycles. The Balaban J connectivity index is 3.02. The molecule has 0 saturated heterocycles. The van der Waals surface area contributed by atoms with E-state index in [1.54, 1.807) is 6.07 Å². The van der Waals surface area contributed by atoms with Gasteiger partial charge in [0.1, 0.15) is 0 Å². The van der Waals surface area contributed by atoms with E-state index < -0.39 is 0 Å². The van der Waals surface area contributed by atoms with Crippen LogP contribution in [0.1, 0.15) is 42.1 Å². The van der Waals surface area contributed by atoms with Gasteiger partial charge in [-0.25, -0.2) is 0 Å². The number of rotatable bonds is 3. The third-order valence-electron chi connectivity index (χ3n) is 2.42. The van der Waals surface area contributed by atoms with Crippen LogP contribution in [0.2, 0.25) is 0 Å². The van der Waals surface area contributed by atoms with Crippen molar-refractivity contribution in [1.29, 1.82) is 0 Å². The molecule has 2 nitrogen and oxygen atoms in total. The van der Waals surface area contributed by atoms with Crippen LogP contribution in [-0.2, 0) is 0 Å². The lowest BCUT2D eigenvalue weighted by Crippen LogP contribution is -1.97. The fourth-order valence-electron chi connectivity index (χ4n) is 1.24. The van der Waals surface area contributed by atoms with Crippen LogP contribution in [0.3, 0.4) is 0 Å². The van der Waals surface area contributed by atoms with Gasteiger partial charge in [-0.3, -0.25) is 4.79 Å². The molecule has 0 spiro atoms. The Morgan fingerprint density at radius 2 is 2.23 bits per heavy atom. The van der Waals surface area contributed by atoms with Crippen LogP contribution in [0.4, 0.5) is 5.69 Å². The van der Waals surface area contributed by atoms with Crippen molar-refractivity contribution in [2.45, 2.75) is 26.2 Å². The fourth-order valence-corrected chi connectivity index (χ4v) is 1.24. The summed E-state index contributed by atoms with van der Waals surface area (Å²) in [6, 6.07) is 5.63. The minimum absolute atomic E-state index is 0.503. The Bertz CT molecular complexity index is 307. The van der Waals surface area contributed by atoms with Crippen molar-refractivity contribution in [2.24, 2.45) is 0 Å². The van der Waals surface area contributed by atoms with Gasteiger partial charge >= 0.3 is 0 Å². The Hall–Kier alpha value is -1.31. The van der Waals surface area contributed by atoms with Gasteiger partial charge in [0.25, 0.3) is 0 Å². The van der Waals surface area contributed by atoms with Gasteiger partial charge in [-0.15, -0.1) is 0 Å². The number of aldehydes is 1. The summed E-state index contributed by atoms with van der Waals surface area (Å²) >= 11 is 0. The number of benzene rings is 1. The second-order valence-electron chi connectivity index (χ2n) is 3.32. The number of carbonyl (C=O) groups is 1. The molecule has 0 aliphatic rings. The van der Waals surface area contributed by atoms with E-state index in [1.165, 1.54) is 5.56 Å². The van der Waals surface area contributed by atoms with Crippen LogP contribution in [0.5, 0.6) is 0 Å². The first-order valence-corrected chi connectivity index (χ1v) is 4.53. The van der Waals surface area contributed by atoms with E-state index in [0.717, 1.165) is 12.7 Å². The van der Waals surface area contributed by atoms with Gasteiger partial charge in [0.05, 0.1) is 0 Å². The zero-order chi connectivity index (χ0) is 9.84. The zero-order valence-electron chi connectivity index (χ0n) is 8.08. The Morgan fingerprint density at radius 3 is 2.69 bits per heavy atom. The third kappa shape index (κ3) is 2.08. The number of carbonyl (C=O) groups excluding carboxylic acids is 1. The molecule has 70 valence electrons. The van der Waals surface area contributed by atoms with E-state index in [0.29, 0.717) is 17.2 Å². The monoisotopic (exact) mass is 177 g/mol. The first kappa shape index (κ1) is 9.78. The smallest absolute Gasteiger partial charge is 0.152 e. The fraction of sp³-hybridized carbons (Fsp3) is 0.364. The number of hydrogen-bond acceptors (Lipinski definition) is 2. The molecule has 0 aliphatic heterocycles. The third-order valence-corrected chi connectivity index (χ3v) is 2.42. The maximum absolute atomic E-state index is 10.5. The molecule has 1 atom stereocenters. The molecule has 1 aromatic rings. The molecular formula is C11H15NO. The molecule has 2 heteroatoms. The van der Waals surface area contributed by atoms with E-state index in [4.69, 9.17) is 5.73 Å². The summed E-state index contributed by atoms with van der Waals surface area (Å²) in [6.07, 6.45) is 1.87. The minimum atomic E-state index is 0.503.